The molecule has 4 aliphatic rings. The van der Waals surface area contributed by atoms with Gasteiger partial charge in [-0.05, 0) is 58.8 Å². The third-order valence-corrected chi connectivity index (χ3v) is 21.0. The highest BCUT2D eigenvalue weighted by Crippen LogP contribution is 2.42. The van der Waals surface area contributed by atoms with Crippen molar-refractivity contribution in [2.45, 2.75) is 65.1 Å². The number of aromatic amines is 1. The van der Waals surface area contributed by atoms with Gasteiger partial charge in [0.15, 0.2) is 28.4 Å². The third-order valence-electron chi connectivity index (χ3n) is 19.5. The number of nitrogens with one attached hydrogen (secondary N) is 1. The number of pyridine rings is 1. The first-order valence-electron chi connectivity index (χ1n) is 35.6. The Labute approximate surface area is 631 Å². The van der Waals surface area contributed by atoms with Crippen LogP contribution in [0, 0.1) is 6.92 Å². The molecular weight excluding hydrogens is 1430 g/mol. The molecule has 0 unspecified atom stereocenters. The molecule has 106 heavy (non-hydrogen) atoms. The van der Waals surface area contributed by atoms with E-state index < -0.39 is 11.6 Å². The summed E-state index contributed by atoms with van der Waals surface area (Å²) in [5.41, 5.74) is 9.91. The second-order valence-electron chi connectivity index (χ2n) is 26.8. The maximum absolute atomic E-state index is 14.3. The molecule has 0 atom stereocenters. The quantitative estimate of drug-likeness (QED) is 0.100. The van der Waals surface area contributed by atoms with Gasteiger partial charge in [0.05, 0.1) is 66.1 Å². The maximum atomic E-state index is 14.3. The van der Waals surface area contributed by atoms with E-state index in [0.29, 0.717) is 62.1 Å². The van der Waals surface area contributed by atoms with E-state index >= 15 is 0 Å². The Kier molecular flexibility index (Phi) is 22.8. The van der Waals surface area contributed by atoms with Gasteiger partial charge in [-0.3, -0.25) is 24.7 Å². The summed E-state index contributed by atoms with van der Waals surface area (Å²) < 4.78 is 33.7. The molecule has 0 spiro atoms. The number of piperazine rings is 2. The number of carbonyl (C=O) groups excluding carboxylic acids is 1. The fourth-order valence-electron chi connectivity index (χ4n) is 13.5. The molecule has 17 rings (SSSR count). The Bertz CT molecular complexity index is 5160. The number of likely N-dealkylation sites (N-methyl/N-ethyl adjacent to an activating group) is 2. The smallest absolute Gasteiger partial charge is 0.289 e. The highest BCUT2D eigenvalue weighted by molar-refractivity contribution is 6.40. The van der Waals surface area contributed by atoms with Crippen LogP contribution >= 0.6 is 46.4 Å². The van der Waals surface area contributed by atoms with Crippen LogP contribution in [0.1, 0.15) is 44.0 Å². The standard InChI is InChI=1S/C23H24ClN7.C22H28ClN7.C19H18ClF2N5O.C12H9ClN4/c1-29-11-13-30(14-12-29)15-16-31-23-19(22(28-31)18-9-5-6-10-25-18)20(24)21(26-27-23)17-7-3-2-4-8-17;1-27-11-13-28(14-12-27)15-16-30-21-18(22(26-30)29-9-5-6-10-29)19(23)20(24-25-21)17-7-3-2-4-8-17;1-19(21,22)17-14-15(20)16(12-7-3-2-4-8-12)23-24-18(14)27(25-17)11-13(28)26-9-5-6-10-26;1-7-9-10(13)11(8-5-3-2-4-6-8)15-17-12(9)16-14-7/h2-10H,11-16H2,1H3;2-4,7-8H,5-6,9-16H2,1H3;2-4,7-8H,5-6,9-11H2,1H3;2-6H,1H3,(H,14,16,17). The molecule has 0 bridgehead atoms. The minimum absolute atomic E-state index is 0.0252. The number of fused-ring (bicyclic) bond motifs is 4. The monoisotopic (exact) mass is 1510 g/mol. The second kappa shape index (κ2) is 33.0. The van der Waals surface area contributed by atoms with Crippen molar-refractivity contribution >= 4 is 102 Å². The summed E-state index contributed by atoms with van der Waals surface area (Å²) in [6, 6.07) is 44.4. The SMILES string of the molecule is CC(F)(F)c1nn(CC(=O)N2CCCC2)c2nnc(-c3ccccc3)c(Cl)c12.CN1CCN(CCn2nc(-c3ccccn3)c3c(Cl)c(-c4ccccc4)nnc32)CC1.CN1CCN(CCn2nc(N3CCCC3)c3c(Cl)c(-c4ccccc4)nnc32)CC1.Cc1n[nH]c2nnc(-c3ccccc3)c(Cl)c12. The van der Waals surface area contributed by atoms with Crippen LogP contribution in [-0.4, -0.2) is 221 Å². The minimum atomic E-state index is -3.25. The molecule has 1 N–H and O–H groups in total. The molecule has 0 aliphatic carbocycles. The third kappa shape index (κ3) is 16.2. The highest BCUT2D eigenvalue weighted by Gasteiger charge is 2.36. The number of carbonyl (C=O) groups is 1. The molecule has 9 aromatic heterocycles. The van der Waals surface area contributed by atoms with Crippen LogP contribution in [0.15, 0.2) is 146 Å². The lowest BCUT2D eigenvalue weighted by atomic mass is 10.1. The molecular formula is C76H79Cl4F2N23O. The maximum Gasteiger partial charge on any atom is 0.289 e. The predicted octanol–water partition coefficient (Wildman–Crippen LogP) is 13.3. The number of benzene rings is 4. The van der Waals surface area contributed by atoms with Crippen molar-refractivity contribution in [1.29, 1.82) is 0 Å². The number of nitrogens with zero attached hydrogens (tertiary/aromatic N) is 22. The van der Waals surface area contributed by atoms with E-state index in [9.17, 15) is 13.6 Å². The van der Waals surface area contributed by atoms with Gasteiger partial charge in [0.2, 0.25) is 5.91 Å². The lowest BCUT2D eigenvalue weighted by Gasteiger charge is -2.32. The number of anilines is 1. The normalized spacial score (nSPS) is 15.5. The Balaban J connectivity index is 0.000000121. The number of aryl methyl sites for hydroxylation is 1. The molecule has 0 saturated carbocycles. The summed E-state index contributed by atoms with van der Waals surface area (Å²) in [6.45, 7) is 17.9. The molecule has 4 saturated heterocycles. The van der Waals surface area contributed by atoms with E-state index in [4.69, 9.17) is 56.6 Å². The number of hydrogen-bond acceptors (Lipinski definition) is 19. The molecule has 0 radical (unpaired) electrons. The van der Waals surface area contributed by atoms with Gasteiger partial charge in [-0.2, -0.15) is 29.2 Å². The fourth-order valence-corrected chi connectivity index (χ4v) is 14.9. The van der Waals surface area contributed by atoms with E-state index in [1.54, 1.807) is 35.4 Å². The largest absolute Gasteiger partial charge is 0.355 e. The van der Waals surface area contributed by atoms with Gasteiger partial charge >= 0.3 is 0 Å². The Morgan fingerprint density at radius 1 is 0.453 bits per heavy atom. The van der Waals surface area contributed by atoms with Crippen LogP contribution in [0.2, 0.25) is 20.1 Å². The van der Waals surface area contributed by atoms with Crippen molar-refractivity contribution in [3.05, 3.63) is 177 Å². The summed E-state index contributed by atoms with van der Waals surface area (Å²) in [6.07, 6.45) is 6.03. The van der Waals surface area contributed by atoms with Crippen LogP contribution in [-0.2, 0) is 30.4 Å². The topological polar surface area (TPSA) is 235 Å². The fraction of sp³-hybridized carbons (Fsp3) is 0.342. The van der Waals surface area contributed by atoms with Gasteiger partial charge in [0, 0.05) is 127 Å². The number of halogens is 6. The van der Waals surface area contributed by atoms with Crippen LogP contribution < -0.4 is 4.90 Å². The zero-order valence-electron chi connectivity index (χ0n) is 59.2. The molecule has 13 aromatic rings. The zero-order valence-corrected chi connectivity index (χ0v) is 62.2. The molecule has 546 valence electrons. The average molecular weight is 1510 g/mol. The number of likely N-dealkylation sites (tertiary alicyclic amines) is 1. The molecule has 24 nitrogen and oxygen atoms in total. The molecule has 1 amide bonds. The van der Waals surface area contributed by atoms with Crippen LogP contribution in [0.4, 0.5) is 14.6 Å². The van der Waals surface area contributed by atoms with Gasteiger partial charge < -0.3 is 19.6 Å². The summed E-state index contributed by atoms with van der Waals surface area (Å²) in [5.74, 6) is -2.48. The van der Waals surface area contributed by atoms with E-state index in [1.165, 1.54) is 17.5 Å². The van der Waals surface area contributed by atoms with Crippen molar-refractivity contribution in [1.82, 2.24) is 110 Å². The summed E-state index contributed by atoms with van der Waals surface area (Å²) >= 11 is 26.7. The lowest BCUT2D eigenvalue weighted by Crippen LogP contribution is -2.45. The number of hydrogen-bond donors (Lipinski definition) is 1. The summed E-state index contributed by atoms with van der Waals surface area (Å²) in [7, 11) is 4.35. The van der Waals surface area contributed by atoms with Crippen LogP contribution in [0.25, 0.3) is 101 Å². The molecule has 4 aromatic carbocycles. The number of H-pyrrole nitrogens is 1. The zero-order chi connectivity index (χ0) is 73.4. The molecule has 4 fully saturated rings. The van der Waals surface area contributed by atoms with E-state index in [1.807, 2.05) is 132 Å². The van der Waals surface area contributed by atoms with Crippen LogP contribution in [0.3, 0.4) is 0 Å². The first-order chi connectivity index (χ1) is 51.5. The van der Waals surface area contributed by atoms with Gasteiger partial charge in [-0.25, -0.2) is 14.0 Å². The highest BCUT2D eigenvalue weighted by atomic mass is 35.5. The first-order valence-corrected chi connectivity index (χ1v) is 37.1. The van der Waals surface area contributed by atoms with Crippen LogP contribution in [0.5, 0.6) is 0 Å². The Morgan fingerprint density at radius 2 is 0.877 bits per heavy atom. The van der Waals surface area contributed by atoms with Crippen molar-refractivity contribution in [3.63, 3.8) is 0 Å². The van der Waals surface area contributed by atoms with Gasteiger partial charge in [0.1, 0.15) is 40.7 Å². The number of rotatable bonds is 15. The Morgan fingerprint density at radius 3 is 1.36 bits per heavy atom. The van der Waals surface area contributed by atoms with Crippen molar-refractivity contribution < 1.29 is 13.6 Å². The summed E-state index contributed by atoms with van der Waals surface area (Å²) in [4.78, 5) is 30.7. The molecule has 30 heteroatoms. The van der Waals surface area contributed by atoms with Gasteiger partial charge in [0.25, 0.3) is 5.92 Å². The van der Waals surface area contributed by atoms with E-state index in [-0.39, 0.29) is 28.5 Å². The number of aromatic nitrogens is 17. The van der Waals surface area contributed by atoms with Crippen molar-refractivity contribution in [3.8, 4) is 56.4 Å². The van der Waals surface area contributed by atoms with Gasteiger partial charge in [-0.1, -0.05) is 174 Å². The molecule has 4 aliphatic heterocycles. The predicted molar refractivity (Wildman–Crippen MR) is 412 cm³/mol. The molecule has 13 heterocycles. The van der Waals surface area contributed by atoms with Crippen molar-refractivity contribution in [2.24, 2.45) is 0 Å². The number of amides is 1. The minimum Gasteiger partial charge on any atom is -0.355 e. The average Bonchev–Trinajstić information content (AvgIpc) is 1.61. The second-order valence-corrected chi connectivity index (χ2v) is 28.4. The van der Waals surface area contributed by atoms with Crippen molar-refractivity contribution in [2.75, 3.05) is 111 Å². The van der Waals surface area contributed by atoms with E-state index in [2.05, 4.69) is 99.7 Å². The number of alkyl halides is 2. The van der Waals surface area contributed by atoms with E-state index in [0.717, 1.165) is 178 Å². The van der Waals surface area contributed by atoms with Gasteiger partial charge in [-0.15, -0.1) is 40.8 Å². The first kappa shape index (κ1) is 73.3. The Hall–Kier alpha value is -9.64. The lowest BCUT2D eigenvalue weighted by molar-refractivity contribution is -0.130. The summed E-state index contributed by atoms with van der Waals surface area (Å²) in [5, 5.41) is 59.7.